The molecule has 1 heteroatoms. The van der Waals surface area contributed by atoms with Crippen molar-refractivity contribution in [1.82, 2.24) is 0 Å². The largest absolute Gasteiger partial charge is 0.369 e. The van der Waals surface area contributed by atoms with E-state index < -0.39 is 0 Å². The molecule has 0 amide bonds. The van der Waals surface area contributed by atoms with Crippen LogP contribution in [0.1, 0.15) is 19.3 Å². The normalized spacial score (nSPS) is 80.0. The lowest BCUT2D eigenvalue weighted by molar-refractivity contribution is 0.0873. The van der Waals surface area contributed by atoms with Crippen LogP contribution in [0.2, 0.25) is 0 Å². The molecule has 0 aromatic carbocycles. The molecule has 1 saturated heterocycles. The topological polar surface area (TPSA) is 12.5 Å². The predicted molar refractivity (Wildman–Crippen MR) is 31.9 cm³/mol. The van der Waals surface area contributed by atoms with Crippen molar-refractivity contribution < 1.29 is 4.74 Å². The fourth-order valence-electron chi connectivity index (χ4n) is 3.46. The summed E-state index contributed by atoms with van der Waals surface area (Å²) in [6.45, 7) is 0. The molecule has 0 aromatic rings. The lowest BCUT2D eigenvalue weighted by Gasteiger charge is -2.34. The van der Waals surface area contributed by atoms with E-state index in [0.29, 0.717) is 0 Å². The summed E-state index contributed by atoms with van der Waals surface area (Å²) >= 11 is 0. The first-order valence-corrected chi connectivity index (χ1v) is 4.07. The van der Waals surface area contributed by atoms with Gasteiger partial charge in [0.1, 0.15) is 0 Å². The molecule has 0 aromatic heterocycles. The maximum Gasteiger partial charge on any atom is 0.0878 e. The van der Waals surface area contributed by atoms with Crippen molar-refractivity contribution in [2.75, 3.05) is 0 Å². The Bertz CT molecular complexity index is 199. The Morgan fingerprint density at radius 3 is 2.56 bits per heavy atom. The van der Waals surface area contributed by atoms with Gasteiger partial charge >= 0.3 is 0 Å². The van der Waals surface area contributed by atoms with Crippen LogP contribution < -0.4 is 0 Å². The zero-order chi connectivity index (χ0) is 5.64. The summed E-state index contributed by atoms with van der Waals surface area (Å²) in [6.07, 6.45) is 6.07. The highest BCUT2D eigenvalue weighted by atomic mass is 16.6. The van der Waals surface area contributed by atoms with Gasteiger partial charge in [0, 0.05) is 0 Å². The van der Waals surface area contributed by atoms with Crippen molar-refractivity contribution in [3.63, 3.8) is 0 Å². The van der Waals surface area contributed by atoms with Crippen LogP contribution in [0.3, 0.4) is 0 Å². The fraction of sp³-hybridized carbons (Fsp3) is 1.00. The summed E-state index contributed by atoms with van der Waals surface area (Å²) in [7, 11) is 0. The minimum Gasteiger partial charge on any atom is -0.369 e. The van der Waals surface area contributed by atoms with Crippen molar-refractivity contribution in [2.24, 2.45) is 17.3 Å². The van der Waals surface area contributed by atoms with E-state index in [0.717, 1.165) is 29.5 Å². The molecule has 3 saturated carbocycles. The van der Waals surface area contributed by atoms with E-state index in [1.807, 2.05) is 0 Å². The molecule has 0 radical (unpaired) electrons. The molecule has 1 heterocycles. The summed E-state index contributed by atoms with van der Waals surface area (Å²) in [5.74, 6) is 2.08. The first-order valence-electron chi connectivity index (χ1n) is 4.07. The first kappa shape index (κ1) is 3.97. The smallest absolute Gasteiger partial charge is 0.0878 e. The van der Waals surface area contributed by atoms with Crippen LogP contribution in [0.25, 0.3) is 0 Å². The van der Waals surface area contributed by atoms with E-state index in [1.54, 1.807) is 6.42 Å². The summed E-state index contributed by atoms with van der Waals surface area (Å²) < 4.78 is 5.54. The molecular formula is C8H10O. The Kier molecular flexibility index (Phi) is 0.353. The SMILES string of the molecule is C1CC23CC2C2OC2C13. The van der Waals surface area contributed by atoms with Gasteiger partial charge in [-0.1, -0.05) is 0 Å². The number of hydrogen-bond donors (Lipinski definition) is 0. The second-order valence-electron chi connectivity index (χ2n) is 4.25. The zero-order valence-corrected chi connectivity index (χ0v) is 5.34. The van der Waals surface area contributed by atoms with Gasteiger partial charge in [0.05, 0.1) is 12.2 Å². The van der Waals surface area contributed by atoms with Gasteiger partial charge in [-0.25, -0.2) is 0 Å². The van der Waals surface area contributed by atoms with Crippen LogP contribution in [-0.4, -0.2) is 12.2 Å². The maximum absolute atomic E-state index is 5.54. The molecular weight excluding hydrogens is 112 g/mol. The van der Waals surface area contributed by atoms with Gasteiger partial charge in [0.15, 0.2) is 0 Å². The highest BCUT2D eigenvalue weighted by Gasteiger charge is 2.81. The molecule has 0 bridgehead atoms. The van der Waals surface area contributed by atoms with Crippen molar-refractivity contribution >= 4 is 0 Å². The van der Waals surface area contributed by atoms with Gasteiger partial charge < -0.3 is 4.74 Å². The van der Waals surface area contributed by atoms with E-state index in [-0.39, 0.29) is 0 Å². The lowest BCUT2D eigenvalue weighted by Crippen LogP contribution is -2.29. The third-order valence-corrected chi connectivity index (χ3v) is 4.19. The minimum absolute atomic E-state index is 0.762. The zero-order valence-electron chi connectivity index (χ0n) is 5.34. The number of ether oxygens (including phenoxy) is 1. The van der Waals surface area contributed by atoms with E-state index in [1.165, 1.54) is 12.8 Å². The Morgan fingerprint density at radius 2 is 2.11 bits per heavy atom. The standard InChI is InChI=1S/C8H10O/c1-2-8-3-5(8)7-6(9-7)4(1)8/h4-7H,1-3H2. The molecule has 4 rings (SSSR count). The van der Waals surface area contributed by atoms with E-state index in [9.17, 15) is 0 Å². The van der Waals surface area contributed by atoms with E-state index in [2.05, 4.69) is 0 Å². The Hall–Kier alpha value is -0.0400. The van der Waals surface area contributed by atoms with Gasteiger partial charge in [0.25, 0.3) is 0 Å². The average Bonchev–Trinajstić information content (AvgIpc) is 2.47. The molecule has 3 aliphatic carbocycles. The van der Waals surface area contributed by atoms with Crippen molar-refractivity contribution in [3.05, 3.63) is 0 Å². The highest BCUT2D eigenvalue weighted by Crippen LogP contribution is 2.81. The molecule has 9 heavy (non-hydrogen) atoms. The van der Waals surface area contributed by atoms with Crippen LogP contribution in [0.5, 0.6) is 0 Å². The second-order valence-corrected chi connectivity index (χ2v) is 4.25. The van der Waals surface area contributed by atoms with E-state index >= 15 is 0 Å². The fourth-order valence-corrected chi connectivity index (χ4v) is 3.46. The maximum atomic E-state index is 5.54. The number of epoxide rings is 1. The van der Waals surface area contributed by atoms with Crippen molar-refractivity contribution in [2.45, 2.75) is 31.5 Å². The van der Waals surface area contributed by atoms with Crippen LogP contribution in [0, 0.1) is 17.3 Å². The van der Waals surface area contributed by atoms with Gasteiger partial charge in [-0.05, 0) is 36.5 Å². The van der Waals surface area contributed by atoms with Crippen LogP contribution in [-0.2, 0) is 4.74 Å². The molecule has 1 spiro atoms. The summed E-state index contributed by atoms with van der Waals surface area (Å²) in [4.78, 5) is 0. The van der Waals surface area contributed by atoms with Gasteiger partial charge in [-0.3, -0.25) is 0 Å². The summed E-state index contributed by atoms with van der Waals surface area (Å²) in [6, 6.07) is 0. The van der Waals surface area contributed by atoms with Gasteiger partial charge in [0.2, 0.25) is 0 Å². The number of hydrogen-bond acceptors (Lipinski definition) is 1. The van der Waals surface area contributed by atoms with E-state index in [4.69, 9.17) is 4.74 Å². The number of fused-ring (bicyclic) bond motifs is 3. The molecule has 5 atom stereocenters. The van der Waals surface area contributed by atoms with Crippen molar-refractivity contribution in [1.29, 1.82) is 0 Å². The molecule has 0 N–H and O–H groups in total. The quantitative estimate of drug-likeness (QED) is 0.439. The monoisotopic (exact) mass is 122 g/mol. The Balaban J connectivity index is 1.91. The molecule has 4 fully saturated rings. The number of rotatable bonds is 0. The lowest BCUT2D eigenvalue weighted by atomic mass is 9.71. The van der Waals surface area contributed by atoms with Gasteiger partial charge in [-0.2, -0.15) is 0 Å². The Morgan fingerprint density at radius 1 is 1.22 bits per heavy atom. The van der Waals surface area contributed by atoms with Gasteiger partial charge in [-0.15, -0.1) is 0 Å². The third-order valence-electron chi connectivity index (χ3n) is 4.19. The first-order chi connectivity index (χ1) is 4.42. The van der Waals surface area contributed by atoms with Crippen molar-refractivity contribution in [3.8, 4) is 0 Å². The average molecular weight is 122 g/mol. The second kappa shape index (κ2) is 0.800. The minimum atomic E-state index is 0.762. The molecule has 48 valence electrons. The predicted octanol–water partition coefficient (Wildman–Crippen LogP) is 1.18. The third kappa shape index (κ3) is 0.231. The van der Waals surface area contributed by atoms with Crippen LogP contribution in [0.15, 0.2) is 0 Å². The summed E-state index contributed by atoms with van der Waals surface area (Å²) in [5.41, 5.74) is 0.896. The van der Waals surface area contributed by atoms with Crippen LogP contribution in [0.4, 0.5) is 0 Å². The van der Waals surface area contributed by atoms with Crippen LogP contribution >= 0.6 is 0 Å². The highest BCUT2D eigenvalue weighted by molar-refractivity contribution is 5.28. The molecule has 4 aliphatic rings. The molecule has 1 aliphatic heterocycles. The summed E-state index contributed by atoms with van der Waals surface area (Å²) in [5, 5.41) is 0. The molecule has 5 unspecified atom stereocenters. The Labute approximate surface area is 54.4 Å². The molecule has 1 nitrogen and oxygen atoms in total.